The van der Waals surface area contributed by atoms with E-state index in [4.69, 9.17) is 0 Å². The second-order valence-electron chi connectivity index (χ2n) is 6.48. The van der Waals surface area contributed by atoms with Crippen LogP contribution in [0.2, 0.25) is 0 Å². The van der Waals surface area contributed by atoms with Gasteiger partial charge in [-0.05, 0) is 19.3 Å². The van der Waals surface area contributed by atoms with Crippen LogP contribution in [-0.2, 0) is 4.79 Å². The number of hydrogen-bond acceptors (Lipinski definition) is 1. The normalized spacial score (nSPS) is 16.2. The van der Waals surface area contributed by atoms with Crippen molar-refractivity contribution < 1.29 is 4.79 Å². The lowest BCUT2D eigenvalue weighted by Gasteiger charge is -2.22. The molecule has 1 amide bonds. The largest absolute Gasteiger partial charge is 0.353 e. The van der Waals surface area contributed by atoms with Crippen LogP contribution in [0.3, 0.4) is 0 Å². The zero-order chi connectivity index (χ0) is 14.5. The van der Waals surface area contributed by atoms with Gasteiger partial charge in [0.1, 0.15) is 0 Å². The lowest BCUT2D eigenvalue weighted by atomic mass is 9.95. The summed E-state index contributed by atoms with van der Waals surface area (Å²) in [6.45, 7) is 2.26. The highest BCUT2D eigenvalue weighted by Crippen LogP contribution is 2.17. The van der Waals surface area contributed by atoms with Crippen molar-refractivity contribution in [3.05, 3.63) is 0 Å². The van der Waals surface area contributed by atoms with Crippen LogP contribution in [0.25, 0.3) is 0 Å². The van der Waals surface area contributed by atoms with Gasteiger partial charge in [-0.2, -0.15) is 0 Å². The first-order chi connectivity index (χ1) is 9.83. The Morgan fingerprint density at radius 1 is 0.850 bits per heavy atom. The van der Waals surface area contributed by atoms with Crippen LogP contribution in [-0.4, -0.2) is 11.9 Å². The van der Waals surface area contributed by atoms with E-state index < -0.39 is 0 Å². The zero-order valence-electron chi connectivity index (χ0n) is 13.6. The first kappa shape index (κ1) is 17.5. The smallest absolute Gasteiger partial charge is 0.220 e. The third kappa shape index (κ3) is 9.39. The highest BCUT2D eigenvalue weighted by atomic mass is 16.1. The van der Waals surface area contributed by atoms with Crippen molar-refractivity contribution in [3.63, 3.8) is 0 Å². The summed E-state index contributed by atoms with van der Waals surface area (Å²) >= 11 is 0. The molecule has 1 aliphatic carbocycles. The Kier molecular flexibility index (Phi) is 10.7. The number of carbonyl (C=O) groups excluding carboxylic acids is 1. The minimum Gasteiger partial charge on any atom is -0.353 e. The van der Waals surface area contributed by atoms with E-state index in [1.807, 2.05) is 0 Å². The van der Waals surface area contributed by atoms with Crippen LogP contribution in [0.4, 0.5) is 0 Å². The zero-order valence-corrected chi connectivity index (χ0v) is 13.6. The predicted octanol–water partition coefficient (Wildman–Crippen LogP) is 5.36. The standard InChI is InChI=1S/C18H35NO/c1-2-3-4-5-6-7-8-9-13-16-18(20)19-17-14-11-10-12-15-17/h17H,2-16H2,1H3,(H,19,20). The van der Waals surface area contributed by atoms with Crippen LogP contribution in [0.1, 0.15) is 103 Å². The maximum absolute atomic E-state index is 11.8. The lowest BCUT2D eigenvalue weighted by molar-refractivity contribution is -0.122. The van der Waals surface area contributed by atoms with E-state index >= 15 is 0 Å². The van der Waals surface area contributed by atoms with Crippen molar-refractivity contribution >= 4 is 5.91 Å². The average molecular weight is 281 g/mol. The molecule has 1 rings (SSSR count). The topological polar surface area (TPSA) is 29.1 Å². The van der Waals surface area contributed by atoms with Crippen molar-refractivity contribution in [2.24, 2.45) is 0 Å². The van der Waals surface area contributed by atoms with Gasteiger partial charge < -0.3 is 5.32 Å². The molecule has 0 bridgehead atoms. The predicted molar refractivity (Wildman–Crippen MR) is 86.9 cm³/mol. The second kappa shape index (κ2) is 12.2. The average Bonchev–Trinajstić information content (AvgIpc) is 2.46. The Hall–Kier alpha value is -0.530. The molecule has 0 heterocycles. The van der Waals surface area contributed by atoms with E-state index in [0.29, 0.717) is 11.9 Å². The fourth-order valence-corrected chi connectivity index (χ4v) is 3.14. The number of unbranched alkanes of at least 4 members (excludes halogenated alkanes) is 8. The molecule has 118 valence electrons. The van der Waals surface area contributed by atoms with Crippen LogP contribution < -0.4 is 5.32 Å². The molecule has 0 aromatic rings. The molecule has 0 aliphatic heterocycles. The number of carbonyl (C=O) groups is 1. The molecular formula is C18H35NO. The van der Waals surface area contributed by atoms with Gasteiger partial charge in [0.05, 0.1) is 0 Å². The summed E-state index contributed by atoms with van der Waals surface area (Å²) in [6, 6.07) is 0.481. The van der Waals surface area contributed by atoms with E-state index in [1.165, 1.54) is 83.5 Å². The van der Waals surface area contributed by atoms with E-state index in [1.54, 1.807) is 0 Å². The van der Waals surface area contributed by atoms with Crippen molar-refractivity contribution in [2.75, 3.05) is 0 Å². The van der Waals surface area contributed by atoms with Gasteiger partial charge in [-0.1, -0.05) is 77.6 Å². The van der Waals surface area contributed by atoms with Crippen LogP contribution in [0.15, 0.2) is 0 Å². The van der Waals surface area contributed by atoms with Gasteiger partial charge in [0.15, 0.2) is 0 Å². The maximum atomic E-state index is 11.8. The fraction of sp³-hybridized carbons (Fsp3) is 0.944. The minimum absolute atomic E-state index is 0.292. The van der Waals surface area contributed by atoms with E-state index in [-0.39, 0.29) is 0 Å². The highest BCUT2D eigenvalue weighted by Gasteiger charge is 2.14. The molecule has 20 heavy (non-hydrogen) atoms. The van der Waals surface area contributed by atoms with Gasteiger partial charge >= 0.3 is 0 Å². The molecule has 0 spiro atoms. The summed E-state index contributed by atoms with van der Waals surface area (Å²) in [5, 5.41) is 3.21. The number of nitrogens with one attached hydrogen (secondary N) is 1. The van der Waals surface area contributed by atoms with Crippen molar-refractivity contribution in [2.45, 2.75) is 109 Å². The third-order valence-electron chi connectivity index (χ3n) is 4.48. The summed E-state index contributed by atoms with van der Waals surface area (Å²) in [7, 11) is 0. The molecule has 0 saturated heterocycles. The Bertz CT molecular complexity index is 234. The second-order valence-corrected chi connectivity index (χ2v) is 6.48. The van der Waals surface area contributed by atoms with Gasteiger partial charge in [-0.3, -0.25) is 4.79 Å². The fourth-order valence-electron chi connectivity index (χ4n) is 3.14. The summed E-state index contributed by atoms with van der Waals surface area (Å²) in [6.07, 6.45) is 19.0. The number of hydrogen-bond donors (Lipinski definition) is 1. The first-order valence-electron chi connectivity index (χ1n) is 9.12. The third-order valence-corrected chi connectivity index (χ3v) is 4.48. The Morgan fingerprint density at radius 2 is 1.40 bits per heavy atom. The lowest BCUT2D eigenvalue weighted by Crippen LogP contribution is -2.35. The van der Waals surface area contributed by atoms with Gasteiger partial charge in [0.2, 0.25) is 5.91 Å². The summed E-state index contributed by atoms with van der Waals surface area (Å²) in [4.78, 5) is 11.8. The van der Waals surface area contributed by atoms with Gasteiger partial charge in [0, 0.05) is 12.5 Å². The van der Waals surface area contributed by atoms with Crippen LogP contribution in [0.5, 0.6) is 0 Å². The van der Waals surface area contributed by atoms with Crippen molar-refractivity contribution in [1.82, 2.24) is 5.32 Å². The molecule has 2 heteroatoms. The monoisotopic (exact) mass is 281 g/mol. The van der Waals surface area contributed by atoms with Gasteiger partial charge in [-0.15, -0.1) is 0 Å². The highest BCUT2D eigenvalue weighted by molar-refractivity contribution is 5.76. The number of rotatable bonds is 11. The van der Waals surface area contributed by atoms with E-state index in [9.17, 15) is 4.79 Å². The van der Waals surface area contributed by atoms with Gasteiger partial charge in [0.25, 0.3) is 0 Å². The van der Waals surface area contributed by atoms with E-state index in [0.717, 1.165) is 12.8 Å². The van der Waals surface area contributed by atoms with Crippen molar-refractivity contribution in [1.29, 1.82) is 0 Å². The van der Waals surface area contributed by atoms with Crippen LogP contribution >= 0.6 is 0 Å². The molecule has 1 fully saturated rings. The quantitative estimate of drug-likeness (QED) is 0.508. The summed E-state index contributed by atoms with van der Waals surface area (Å²) in [5.74, 6) is 0.292. The van der Waals surface area contributed by atoms with Crippen LogP contribution in [0, 0.1) is 0 Å². The molecule has 1 aliphatic rings. The van der Waals surface area contributed by atoms with Gasteiger partial charge in [-0.25, -0.2) is 0 Å². The molecule has 0 unspecified atom stereocenters. The molecule has 0 aromatic carbocycles. The Labute approximate surface area is 126 Å². The number of amides is 1. The summed E-state index contributed by atoms with van der Waals surface area (Å²) in [5.41, 5.74) is 0. The molecule has 0 atom stereocenters. The van der Waals surface area contributed by atoms with E-state index in [2.05, 4.69) is 12.2 Å². The van der Waals surface area contributed by atoms with Crippen molar-refractivity contribution in [3.8, 4) is 0 Å². The molecule has 0 radical (unpaired) electrons. The maximum Gasteiger partial charge on any atom is 0.220 e. The minimum atomic E-state index is 0.292. The first-order valence-corrected chi connectivity index (χ1v) is 9.12. The molecule has 0 aromatic heterocycles. The molecule has 1 N–H and O–H groups in total. The molecular weight excluding hydrogens is 246 g/mol. The molecule has 1 saturated carbocycles. The summed E-state index contributed by atoms with van der Waals surface area (Å²) < 4.78 is 0. The Morgan fingerprint density at radius 3 is 2.00 bits per heavy atom. The Balaban J connectivity index is 1.84. The molecule has 2 nitrogen and oxygen atoms in total. The SMILES string of the molecule is CCCCCCCCCCCC(=O)NC1CCCCC1.